The lowest BCUT2D eigenvalue weighted by molar-refractivity contribution is -0.136. The molecular weight excluding hydrogens is 407 g/mol. The number of halogens is 1. The summed E-state index contributed by atoms with van der Waals surface area (Å²) in [6.07, 6.45) is 0.669. The summed E-state index contributed by atoms with van der Waals surface area (Å²) < 4.78 is 19.7. The first-order valence-corrected chi connectivity index (χ1v) is 11.4. The van der Waals surface area contributed by atoms with Crippen LogP contribution in [0.3, 0.4) is 0 Å². The molecule has 1 aliphatic heterocycles. The Morgan fingerprint density at radius 1 is 1.12 bits per heavy atom. The van der Waals surface area contributed by atoms with Crippen molar-refractivity contribution in [1.29, 1.82) is 0 Å². The highest BCUT2D eigenvalue weighted by molar-refractivity contribution is 5.81. The van der Waals surface area contributed by atoms with Gasteiger partial charge in [-0.2, -0.15) is 0 Å². The average molecular weight is 441 g/mol. The molecule has 2 aromatic carbocycles. The van der Waals surface area contributed by atoms with Crippen LogP contribution in [-0.4, -0.2) is 35.4 Å². The van der Waals surface area contributed by atoms with Crippen molar-refractivity contribution in [3.63, 3.8) is 0 Å². The molecule has 0 spiro atoms. The SMILES string of the molecule is CC[C@H](Oc1ccc2c(c1)[C@@H](c1ccc(F)cc1)N(C(=O)C(C)C)CC2)C(=O)NC(C)C. The van der Waals surface area contributed by atoms with E-state index in [1.807, 2.05) is 57.7 Å². The molecule has 2 atom stereocenters. The minimum Gasteiger partial charge on any atom is -0.481 e. The lowest BCUT2D eigenvalue weighted by atomic mass is 9.87. The molecule has 32 heavy (non-hydrogen) atoms. The van der Waals surface area contributed by atoms with E-state index in [1.54, 1.807) is 12.1 Å². The van der Waals surface area contributed by atoms with Gasteiger partial charge < -0.3 is 15.0 Å². The molecule has 5 nitrogen and oxygen atoms in total. The Balaban J connectivity index is 1.99. The highest BCUT2D eigenvalue weighted by Gasteiger charge is 2.33. The predicted octanol–water partition coefficient (Wildman–Crippen LogP) is 4.64. The molecule has 0 aromatic heterocycles. The van der Waals surface area contributed by atoms with Gasteiger partial charge in [-0.05, 0) is 67.6 Å². The van der Waals surface area contributed by atoms with Crippen molar-refractivity contribution in [2.75, 3.05) is 6.54 Å². The third-order valence-corrected chi connectivity index (χ3v) is 5.68. The fourth-order valence-electron chi connectivity index (χ4n) is 4.10. The van der Waals surface area contributed by atoms with E-state index >= 15 is 0 Å². The molecule has 172 valence electrons. The van der Waals surface area contributed by atoms with Gasteiger partial charge in [0, 0.05) is 18.5 Å². The smallest absolute Gasteiger partial charge is 0.261 e. The summed E-state index contributed by atoms with van der Waals surface area (Å²) in [7, 11) is 0. The lowest BCUT2D eigenvalue weighted by Crippen LogP contribution is -2.43. The molecule has 0 aliphatic carbocycles. The summed E-state index contributed by atoms with van der Waals surface area (Å²) >= 11 is 0. The third kappa shape index (κ3) is 5.29. The van der Waals surface area contributed by atoms with Crippen molar-refractivity contribution < 1.29 is 18.7 Å². The molecule has 1 N–H and O–H groups in total. The number of carbonyl (C=O) groups is 2. The maximum Gasteiger partial charge on any atom is 0.261 e. The molecule has 0 fully saturated rings. The highest BCUT2D eigenvalue weighted by Crippen LogP contribution is 2.38. The van der Waals surface area contributed by atoms with Gasteiger partial charge >= 0.3 is 0 Å². The molecule has 1 heterocycles. The van der Waals surface area contributed by atoms with Crippen LogP contribution in [0.15, 0.2) is 42.5 Å². The predicted molar refractivity (Wildman–Crippen MR) is 123 cm³/mol. The number of nitrogens with one attached hydrogen (secondary N) is 1. The van der Waals surface area contributed by atoms with Crippen LogP contribution in [0, 0.1) is 11.7 Å². The third-order valence-electron chi connectivity index (χ3n) is 5.68. The second-order valence-corrected chi connectivity index (χ2v) is 8.93. The zero-order valence-corrected chi connectivity index (χ0v) is 19.5. The number of nitrogens with zero attached hydrogens (tertiary/aromatic N) is 1. The lowest BCUT2D eigenvalue weighted by Gasteiger charge is -2.39. The quantitative estimate of drug-likeness (QED) is 0.683. The van der Waals surface area contributed by atoms with Gasteiger partial charge in [0.2, 0.25) is 5.91 Å². The van der Waals surface area contributed by atoms with Crippen molar-refractivity contribution in [3.05, 3.63) is 65.0 Å². The second-order valence-electron chi connectivity index (χ2n) is 8.93. The molecule has 1 aliphatic rings. The van der Waals surface area contributed by atoms with Crippen LogP contribution >= 0.6 is 0 Å². The monoisotopic (exact) mass is 440 g/mol. The van der Waals surface area contributed by atoms with E-state index in [4.69, 9.17) is 4.74 Å². The van der Waals surface area contributed by atoms with Crippen LogP contribution in [0.1, 0.15) is 63.8 Å². The van der Waals surface area contributed by atoms with Gasteiger partial charge in [-0.15, -0.1) is 0 Å². The van der Waals surface area contributed by atoms with Gasteiger partial charge in [0.25, 0.3) is 5.91 Å². The minimum atomic E-state index is -0.600. The Morgan fingerprint density at radius 3 is 2.41 bits per heavy atom. The van der Waals surface area contributed by atoms with E-state index in [9.17, 15) is 14.0 Å². The van der Waals surface area contributed by atoms with E-state index in [2.05, 4.69) is 5.32 Å². The zero-order valence-electron chi connectivity index (χ0n) is 19.5. The summed E-state index contributed by atoms with van der Waals surface area (Å²) in [5, 5.41) is 2.90. The number of hydrogen-bond acceptors (Lipinski definition) is 3. The number of hydrogen-bond donors (Lipinski definition) is 1. The second kappa shape index (κ2) is 10.2. The number of fused-ring (bicyclic) bond motifs is 1. The standard InChI is InChI=1S/C26H33FN2O3/c1-6-23(25(30)28-17(4)5)32-21-12-9-18-13-14-29(26(31)16(2)3)24(22(18)15-21)19-7-10-20(27)11-8-19/h7-12,15-17,23-24H,6,13-14H2,1-5H3,(H,28,30)/t23-,24+/m0/s1. The fraction of sp³-hybridized carbons (Fsp3) is 0.462. The van der Waals surface area contributed by atoms with Gasteiger partial charge in [-0.3, -0.25) is 9.59 Å². The molecule has 2 aromatic rings. The van der Waals surface area contributed by atoms with E-state index < -0.39 is 6.10 Å². The van der Waals surface area contributed by atoms with Gasteiger partial charge in [0.1, 0.15) is 11.6 Å². The summed E-state index contributed by atoms with van der Waals surface area (Å²) in [6.45, 7) is 10.1. The molecule has 0 saturated carbocycles. The summed E-state index contributed by atoms with van der Waals surface area (Å²) in [4.78, 5) is 27.4. The molecular formula is C26H33FN2O3. The maximum absolute atomic E-state index is 13.6. The van der Waals surface area contributed by atoms with E-state index in [-0.39, 0.29) is 35.6 Å². The Labute approximate surface area is 190 Å². The molecule has 2 amide bonds. The maximum atomic E-state index is 13.6. The number of benzene rings is 2. The summed E-state index contributed by atoms with van der Waals surface area (Å²) in [6, 6.07) is 11.8. The minimum absolute atomic E-state index is 0.0298. The first-order valence-electron chi connectivity index (χ1n) is 11.4. The average Bonchev–Trinajstić information content (AvgIpc) is 2.76. The van der Waals surface area contributed by atoms with Crippen LogP contribution in [0.4, 0.5) is 4.39 Å². The van der Waals surface area contributed by atoms with E-state index in [0.29, 0.717) is 18.7 Å². The number of amides is 2. The normalized spacial score (nSPS) is 16.6. The zero-order chi connectivity index (χ0) is 23.4. The van der Waals surface area contributed by atoms with Gasteiger partial charge in [-0.25, -0.2) is 4.39 Å². The number of ether oxygens (including phenoxy) is 1. The van der Waals surface area contributed by atoms with Crippen LogP contribution in [0.5, 0.6) is 5.75 Å². The topological polar surface area (TPSA) is 58.6 Å². The van der Waals surface area contributed by atoms with Crippen molar-refractivity contribution in [2.24, 2.45) is 5.92 Å². The largest absolute Gasteiger partial charge is 0.481 e. The molecule has 3 rings (SSSR count). The van der Waals surface area contributed by atoms with Crippen LogP contribution < -0.4 is 10.1 Å². The fourth-order valence-corrected chi connectivity index (χ4v) is 4.10. The summed E-state index contributed by atoms with van der Waals surface area (Å²) in [5.41, 5.74) is 2.93. The first-order chi connectivity index (χ1) is 15.2. The molecule has 6 heteroatoms. The Hall–Kier alpha value is -2.89. The first kappa shape index (κ1) is 23.8. The van der Waals surface area contributed by atoms with Crippen LogP contribution in [0.2, 0.25) is 0 Å². The van der Waals surface area contributed by atoms with Gasteiger partial charge in [0.05, 0.1) is 6.04 Å². The Morgan fingerprint density at radius 2 is 1.81 bits per heavy atom. The van der Waals surface area contributed by atoms with Crippen LogP contribution in [0.25, 0.3) is 0 Å². The number of rotatable bonds is 7. The molecule has 0 radical (unpaired) electrons. The van der Waals surface area contributed by atoms with Gasteiger partial charge in [0.15, 0.2) is 6.10 Å². The highest BCUT2D eigenvalue weighted by atomic mass is 19.1. The van der Waals surface area contributed by atoms with Crippen molar-refractivity contribution >= 4 is 11.8 Å². The Kier molecular flexibility index (Phi) is 7.54. The van der Waals surface area contributed by atoms with Crippen molar-refractivity contribution in [2.45, 2.75) is 65.6 Å². The summed E-state index contributed by atoms with van der Waals surface area (Å²) in [5.74, 6) is 0.0279. The van der Waals surface area contributed by atoms with E-state index in [1.165, 1.54) is 12.1 Å². The molecule has 0 bridgehead atoms. The van der Waals surface area contributed by atoms with Crippen molar-refractivity contribution in [1.82, 2.24) is 10.2 Å². The number of carbonyl (C=O) groups excluding carboxylic acids is 2. The Bertz CT molecular complexity index is 956. The van der Waals surface area contributed by atoms with Gasteiger partial charge in [-0.1, -0.05) is 39.0 Å². The molecule has 0 saturated heterocycles. The van der Waals surface area contributed by atoms with Crippen molar-refractivity contribution in [3.8, 4) is 5.75 Å². The van der Waals surface area contributed by atoms with E-state index in [0.717, 1.165) is 23.1 Å². The molecule has 0 unspecified atom stereocenters. The van der Waals surface area contributed by atoms with Crippen LogP contribution in [-0.2, 0) is 16.0 Å².